The first-order valence-electron chi connectivity index (χ1n) is 7.57. The van der Waals surface area contributed by atoms with Crippen LogP contribution in [-0.2, 0) is 0 Å². The fourth-order valence-corrected chi connectivity index (χ4v) is 3.38. The molecule has 2 aliphatic rings. The fourth-order valence-electron chi connectivity index (χ4n) is 3.38. The van der Waals surface area contributed by atoms with Crippen molar-refractivity contribution in [2.75, 3.05) is 13.1 Å². The van der Waals surface area contributed by atoms with Gasteiger partial charge in [0, 0.05) is 24.2 Å². The normalized spacial score (nSPS) is 28.8. The van der Waals surface area contributed by atoms with E-state index in [-0.39, 0.29) is 5.54 Å². The first kappa shape index (κ1) is 13.4. The molecule has 2 nitrogen and oxygen atoms in total. The van der Waals surface area contributed by atoms with Gasteiger partial charge in [0.25, 0.3) is 0 Å². The Kier molecular flexibility index (Phi) is 4.48. The van der Waals surface area contributed by atoms with E-state index in [0.717, 1.165) is 12.1 Å². The van der Waals surface area contributed by atoms with Gasteiger partial charge in [0.05, 0.1) is 0 Å². The summed E-state index contributed by atoms with van der Waals surface area (Å²) in [4.78, 5) is 2.83. The van der Waals surface area contributed by atoms with Crippen LogP contribution in [0.25, 0.3) is 0 Å². The largest absolute Gasteiger partial charge is 0.311 e. The first-order valence-corrected chi connectivity index (χ1v) is 7.57. The van der Waals surface area contributed by atoms with Crippen LogP contribution >= 0.6 is 0 Å². The van der Waals surface area contributed by atoms with E-state index in [2.05, 4.69) is 31.0 Å². The summed E-state index contributed by atoms with van der Waals surface area (Å²) in [6.07, 6.45) is 10.1. The van der Waals surface area contributed by atoms with E-state index >= 15 is 0 Å². The monoisotopic (exact) mass is 238 g/mol. The summed E-state index contributed by atoms with van der Waals surface area (Å²) >= 11 is 0. The van der Waals surface area contributed by atoms with Crippen molar-refractivity contribution in [1.29, 1.82) is 0 Å². The topological polar surface area (TPSA) is 15.3 Å². The summed E-state index contributed by atoms with van der Waals surface area (Å²) in [5, 5.41) is 3.70. The maximum Gasteiger partial charge on any atom is 0.0223 e. The van der Waals surface area contributed by atoms with Gasteiger partial charge in [-0.05, 0) is 53.0 Å². The van der Waals surface area contributed by atoms with Gasteiger partial charge in [-0.15, -0.1) is 0 Å². The minimum Gasteiger partial charge on any atom is -0.311 e. The molecule has 2 rings (SSSR count). The van der Waals surface area contributed by atoms with Crippen LogP contribution in [0.15, 0.2) is 0 Å². The third-order valence-electron chi connectivity index (χ3n) is 4.33. The highest BCUT2D eigenvalue weighted by Gasteiger charge is 2.30. The van der Waals surface area contributed by atoms with Gasteiger partial charge in [0.2, 0.25) is 0 Å². The zero-order valence-electron chi connectivity index (χ0n) is 12.0. The van der Waals surface area contributed by atoms with Crippen LogP contribution in [0.4, 0.5) is 0 Å². The molecule has 2 fully saturated rings. The second-order valence-corrected chi connectivity index (χ2v) is 6.96. The van der Waals surface area contributed by atoms with Crippen LogP contribution < -0.4 is 5.32 Å². The molecule has 0 amide bonds. The SMILES string of the molecule is CC(C)(C)NCC1CCCCN1C1CCCC1. The van der Waals surface area contributed by atoms with E-state index in [0.29, 0.717) is 0 Å². The molecular weight excluding hydrogens is 208 g/mol. The summed E-state index contributed by atoms with van der Waals surface area (Å²) in [7, 11) is 0. The minimum absolute atomic E-state index is 0.263. The second-order valence-electron chi connectivity index (χ2n) is 6.96. The molecule has 2 heteroatoms. The molecule has 1 heterocycles. The Hall–Kier alpha value is -0.0800. The molecule has 0 aromatic carbocycles. The lowest BCUT2D eigenvalue weighted by Crippen LogP contribution is -2.52. The van der Waals surface area contributed by atoms with Gasteiger partial charge in [-0.1, -0.05) is 19.3 Å². The van der Waals surface area contributed by atoms with Gasteiger partial charge < -0.3 is 5.32 Å². The molecule has 1 unspecified atom stereocenters. The lowest BCUT2D eigenvalue weighted by Gasteiger charge is -2.41. The Morgan fingerprint density at radius 1 is 1.00 bits per heavy atom. The van der Waals surface area contributed by atoms with E-state index in [1.165, 1.54) is 58.0 Å². The molecule has 1 atom stereocenters. The molecule has 0 bridgehead atoms. The summed E-state index contributed by atoms with van der Waals surface area (Å²) in [6.45, 7) is 9.35. The van der Waals surface area contributed by atoms with Crippen molar-refractivity contribution in [3.63, 3.8) is 0 Å². The number of likely N-dealkylation sites (tertiary alicyclic amines) is 1. The third kappa shape index (κ3) is 3.96. The van der Waals surface area contributed by atoms with Crippen molar-refractivity contribution in [2.45, 2.75) is 83.3 Å². The number of rotatable bonds is 3. The van der Waals surface area contributed by atoms with E-state index in [4.69, 9.17) is 0 Å². The van der Waals surface area contributed by atoms with Gasteiger partial charge in [-0.25, -0.2) is 0 Å². The van der Waals surface area contributed by atoms with Crippen molar-refractivity contribution in [1.82, 2.24) is 10.2 Å². The van der Waals surface area contributed by atoms with Gasteiger partial charge in [-0.3, -0.25) is 4.90 Å². The van der Waals surface area contributed by atoms with Gasteiger partial charge in [0.15, 0.2) is 0 Å². The fraction of sp³-hybridized carbons (Fsp3) is 1.00. The smallest absolute Gasteiger partial charge is 0.0223 e. The van der Waals surface area contributed by atoms with Crippen LogP contribution in [0.2, 0.25) is 0 Å². The Morgan fingerprint density at radius 2 is 1.65 bits per heavy atom. The molecule has 17 heavy (non-hydrogen) atoms. The molecule has 0 radical (unpaired) electrons. The van der Waals surface area contributed by atoms with Crippen LogP contribution in [0, 0.1) is 0 Å². The van der Waals surface area contributed by atoms with Crippen LogP contribution in [0.1, 0.15) is 65.7 Å². The molecule has 1 aliphatic heterocycles. The predicted octanol–water partition coefficient (Wildman–Crippen LogP) is 3.17. The molecule has 0 aromatic heterocycles. The first-order chi connectivity index (χ1) is 8.06. The van der Waals surface area contributed by atoms with E-state index < -0.39 is 0 Å². The van der Waals surface area contributed by atoms with Crippen molar-refractivity contribution in [3.05, 3.63) is 0 Å². The molecule has 0 spiro atoms. The molecule has 1 saturated heterocycles. The zero-order valence-corrected chi connectivity index (χ0v) is 12.0. The summed E-state index contributed by atoms with van der Waals surface area (Å²) < 4.78 is 0. The zero-order chi connectivity index (χ0) is 12.3. The lowest BCUT2D eigenvalue weighted by molar-refractivity contribution is 0.0915. The molecule has 1 aliphatic carbocycles. The van der Waals surface area contributed by atoms with Crippen molar-refractivity contribution in [2.24, 2.45) is 0 Å². The maximum absolute atomic E-state index is 3.70. The molecule has 100 valence electrons. The van der Waals surface area contributed by atoms with E-state index in [1.807, 2.05) is 0 Å². The predicted molar refractivity (Wildman–Crippen MR) is 74.4 cm³/mol. The molecule has 1 N–H and O–H groups in total. The van der Waals surface area contributed by atoms with Crippen molar-refractivity contribution in [3.8, 4) is 0 Å². The molecule has 1 saturated carbocycles. The summed E-state index contributed by atoms with van der Waals surface area (Å²) in [5.74, 6) is 0. The average Bonchev–Trinajstić information content (AvgIpc) is 2.79. The van der Waals surface area contributed by atoms with Crippen molar-refractivity contribution < 1.29 is 0 Å². The standard InChI is InChI=1S/C15H30N2/c1-15(2,3)16-12-14-10-6-7-11-17(14)13-8-4-5-9-13/h13-14,16H,4-12H2,1-3H3. The second kappa shape index (κ2) is 5.71. The van der Waals surface area contributed by atoms with Crippen LogP contribution in [0.3, 0.4) is 0 Å². The average molecular weight is 238 g/mol. The van der Waals surface area contributed by atoms with Gasteiger partial charge >= 0.3 is 0 Å². The Balaban J connectivity index is 1.87. The highest BCUT2D eigenvalue weighted by Crippen LogP contribution is 2.29. The Bertz CT molecular complexity index is 226. The van der Waals surface area contributed by atoms with Crippen LogP contribution in [0.5, 0.6) is 0 Å². The summed E-state index contributed by atoms with van der Waals surface area (Å²) in [6, 6.07) is 1.70. The number of piperidine rings is 1. The maximum atomic E-state index is 3.70. The van der Waals surface area contributed by atoms with E-state index in [1.54, 1.807) is 0 Å². The molecule has 0 aromatic rings. The number of nitrogens with zero attached hydrogens (tertiary/aromatic N) is 1. The number of hydrogen-bond acceptors (Lipinski definition) is 2. The highest BCUT2D eigenvalue weighted by atomic mass is 15.2. The minimum atomic E-state index is 0.263. The highest BCUT2D eigenvalue weighted by molar-refractivity contribution is 4.88. The lowest BCUT2D eigenvalue weighted by atomic mass is 9.98. The number of hydrogen-bond donors (Lipinski definition) is 1. The Morgan fingerprint density at radius 3 is 2.29 bits per heavy atom. The Labute approximate surface area is 107 Å². The summed E-state index contributed by atoms with van der Waals surface area (Å²) in [5.41, 5.74) is 0.263. The number of nitrogens with one attached hydrogen (secondary N) is 1. The van der Waals surface area contributed by atoms with E-state index in [9.17, 15) is 0 Å². The molecular formula is C15H30N2. The third-order valence-corrected chi connectivity index (χ3v) is 4.33. The van der Waals surface area contributed by atoms with Gasteiger partial charge in [0.1, 0.15) is 0 Å². The van der Waals surface area contributed by atoms with Crippen LogP contribution in [-0.4, -0.2) is 35.6 Å². The van der Waals surface area contributed by atoms with Crippen molar-refractivity contribution >= 4 is 0 Å². The quantitative estimate of drug-likeness (QED) is 0.812. The van der Waals surface area contributed by atoms with Gasteiger partial charge in [-0.2, -0.15) is 0 Å².